The van der Waals surface area contributed by atoms with E-state index in [-0.39, 0.29) is 0 Å². The van der Waals surface area contributed by atoms with Crippen molar-refractivity contribution in [3.8, 4) is 0 Å². The van der Waals surface area contributed by atoms with Crippen LogP contribution in [0, 0.1) is 0 Å². The lowest BCUT2D eigenvalue weighted by atomic mass is 10.1. The smallest absolute Gasteiger partial charge is 0.170 e. The molecule has 72 valence electrons. The van der Waals surface area contributed by atoms with Gasteiger partial charge in [0.05, 0.1) is 0 Å². The van der Waals surface area contributed by atoms with Crippen LogP contribution >= 0.6 is 15.9 Å². The third-order valence-corrected chi connectivity index (χ3v) is 2.51. The van der Waals surface area contributed by atoms with Crippen molar-refractivity contribution in [2.24, 2.45) is 0 Å². The summed E-state index contributed by atoms with van der Waals surface area (Å²) in [6, 6.07) is 8.07. The lowest BCUT2D eigenvalue weighted by molar-refractivity contribution is 0.422. The lowest BCUT2D eigenvalue weighted by Crippen LogP contribution is -1.92. The molecule has 0 fully saturated rings. The summed E-state index contributed by atoms with van der Waals surface area (Å²) in [5.41, 5.74) is 7.71. The number of nitrogens with zero attached hydrogens (tertiary/aromatic N) is 1. The molecule has 1 aromatic carbocycles. The average molecular weight is 253 g/mol. The second kappa shape index (κ2) is 3.84. The van der Waals surface area contributed by atoms with Crippen molar-refractivity contribution in [1.82, 2.24) is 5.16 Å². The Hall–Kier alpha value is -1.29. The van der Waals surface area contributed by atoms with Crippen LogP contribution in [0.15, 0.2) is 39.5 Å². The molecule has 1 aromatic heterocycles. The Labute approximate surface area is 90.0 Å². The van der Waals surface area contributed by atoms with E-state index in [1.165, 1.54) is 5.56 Å². The fourth-order valence-electron chi connectivity index (χ4n) is 1.22. The van der Waals surface area contributed by atoms with Gasteiger partial charge < -0.3 is 10.3 Å². The van der Waals surface area contributed by atoms with Gasteiger partial charge in [0, 0.05) is 16.5 Å². The van der Waals surface area contributed by atoms with Crippen molar-refractivity contribution in [3.63, 3.8) is 0 Å². The molecule has 14 heavy (non-hydrogen) atoms. The van der Waals surface area contributed by atoms with Crippen LogP contribution in [0.5, 0.6) is 0 Å². The Balaban J connectivity index is 2.19. The highest BCUT2D eigenvalue weighted by molar-refractivity contribution is 9.10. The summed E-state index contributed by atoms with van der Waals surface area (Å²) in [6.07, 6.45) is 2.33. The van der Waals surface area contributed by atoms with E-state index < -0.39 is 0 Å². The van der Waals surface area contributed by atoms with Gasteiger partial charge in [-0.1, -0.05) is 33.2 Å². The summed E-state index contributed by atoms with van der Waals surface area (Å²) in [5, 5.41) is 3.62. The highest BCUT2D eigenvalue weighted by atomic mass is 79.9. The summed E-state index contributed by atoms with van der Waals surface area (Å²) in [7, 11) is 0. The van der Waals surface area contributed by atoms with Gasteiger partial charge in [-0.3, -0.25) is 0 Å². The first-order valence-corrected chi connectivity index (χ1v) is 4.98. The number of aromatic nitrogens is 1. The van der Waals surface area contributed by atoms with Crippen LogP contribution in [0.1, 0.15) is 11.1 Å². The zero-order valence-electron chi connectivity index (χ0n) is 7.40. The first-order valence-electron chi connectivity index (χ1n) is 4.19. The van der Waals surface area contributed by atoms with Crippen LogP contribution in [0.2, 0.25) is 0 Å². The highest BCUT2D eigenvalue weighted by Crippen LogP contribution is 2.16. The molecule has 0 radical (unpaired) electrons. The quantitative estimate of drug-likeness (QED) is 0.894. The lowest BCUT2D eigenvalue weighted by Gasteiger charge is -1.98. The number of anilines is 1. The van der Waals surface area contributed by atoms with Gasteiger partial charge in [-0.15, -0.1) is 0 Å². The molecule has 0 aliphatic heterocycles. The molecular weight excluding hydrogens is 244 g/mol. The van der Waals surface area contributed by atoms with Gasteiger partial charge in [0.25, 0.3) is 0 Å². The van der Waals surface area contributed by atoms with Crippen LogP contribution in [0.3, 0.4) is 0 Å². The van der Waals surface area contributed by atoms with Gasteiger partial charge >= 0.3 is 0 Å². The van der Waals surface area contributed by atoms with Gasteiger partial charge in [-0.25, -0.2) is 0 Å². The Morgan fingerprint density at radius 2 is 2.00 bits per heavy atom. The van der Waals surface area contributed by atoms with Crippen molar-refractivity contribution < 1.29 is 4.52 Å². The number of rotatable bonds is 2. The number of nitrogens with two attached hydrogens (primary N) is 1. The Morgan fingerprint density at radius 1 is 1.29 bits per heavy atom. The van der Waals surface area contributed by atoms with Gasteiger partial charge in [-0.05, 0) is 17.7 Å². The minimum Gasteiger partial charge on any atom is -0.381 e. The van der Waals surface area contributed by atoms with Crippen LogP contribution in [-0.2, 0) is 6.42 Å². The summed E-state index contributed by atoms with van der Waals surface area (Å²) in [6.45, 7) is 0. The van der Waals surface area contributed by atoms with E-state index in [0.717, 1.165) is 16.5 Å². The molecule has 2 N–H and O–H groups in total. The van der Waals surface area contributed by atoms with Crippen LogP contribution in [0.4, 0.5) is 5.82 Å². The van der Waals surface area contributed by atoms with Gasteiger partial charge in [0.1, 0.15) is 6.26 Å². The van der Waals surface area contributed by atoms with Crippen molar-refractivity contribution in [2.75, 3.05) is 5.73 Å². The fraction of sp³-hybridized carbons (Fsp3) is 0.100. The standard InChI is InChI=1S/C10H9BrN2O/c11-9-3-1-7(2-4-9)5-8-6-14-13-10(8)12/h1-4,6H,5H2,(H2,12,13). The molecule has 0 saturated carbocycles. The molecule has 0 atom stereocenters. The average Bonchev–Trinajstić information content (AvgIpc) is 2.56. The van der Waals surface area contributed by atoms with Gasteiger partial charge in [-0.2, -0.15) is 0 Å². The van der Waals surface area contributed by atoms with E-state index in [4.69, 9.17) is 10.3 Å². The minimum absolute atomic E-state index is 0.466. The van der Waals surface area contributed by atoms with E-state index in [1.807, 2.05) is 24.3 Å². The van der Waals surface area contributed by atoms with Gasteiger partial charge in [0.2, 0.25) is 0 Å². The van der Waals surface area contributed by atoms with Crippen LogP contribution in [-0.4, -0.2) is 5.16 Å². The SMILES string of the molecule is Nc1nocc1Cc1ccc(Br)cc1. The normalized spacial score (nSPS) is 10.4. The number of hydrogen-bond donors (Lipinski definition) is 1. The molecule has 3 nitrogen and oxygen atoms in total. The molecular formula is C10H9BrN2O. The Morgan fingerprint density at radius 3 is 2.57 bits per heavy atom. The molecule has 0 spiro atoms. The first kappa shape index (κ1) is 9.27. The molecule has 0 saturated heterocycles. The molecule has 0 aliphatic rings. The Kier molecular flexibility index (Phi) is 2.54. The summed E-state index contributed by atoms with van der Waals surface area (Å²) in [5.74, 6) is 0.466. The molecule has 4 heteroatoms. The van der Waals surface area contributed by atoms with Crippen molar-refractivity contribution in [2.45, 2.75) is 6.42 Å². The van der Waals surface area contributed by atoms with E-state index >= 15 is 0 Å². The predicted octanol–water partition coefficient (Wildman–Crippen LogP) is 2.61. The van der Waals surface area contributed by atoms with Crippen LogP contribution in [0.25, 0.3) is 0 Å². The van der Waals surface area contributed by atoms with E-state index in [9.17, 15) is 0 Å². The summed E-state index contributed by atoms with van der Waals surface area (Å²) >= 11 is 3.38. The molecule has 0 aliphatic carbocycles. The fourth-order valence-corrected chi connectivity index (χ4v) is 1.48. The monoisotopic (exact) mass is 252 g/mol. The molecule has 1 heterocycles. The zero-order valence-corrected chi connectivity index (χ0v) is 8.99. The second-order valence-electron chi connectivity index (χ2n) is 3.03. The zero-order chi connectivity index (χ0) is 9.97. The third-order valence-electron chi connectivity index (χ3n) is 1.98. The minimum atomic E-state index is 0.466. The summed E-state index contributed by atoms with van der Waals surface area (Å²) < 4.78 is 5.83. The van der Waals surface area contributed by atoms with Crippen molar-refractivity contribution in [3.05, 3.63) is 46.1 Å². The molecule has 0 bridgehead atoms. The topological polar surface area (TPSA) is 52.0 Å². The van der Waals surface area contributed by atoms with Crippen molar-refractivity contribution >= 4 is 21.7 Å². The number of nitrogen functional groups attached to an aromatic ring is 1. The Bertz CT molecular complexity index is 422. The molecule has 2 rings (SSSR count). The maximum atomic E-state index is 5.60. The highest BCUT2D eigenvalue weighted by Gasteiger charge is 2.04. The van der Waals surface area contributed by atoms with Crippen LogP contribution < -0.4 is 5.73 Å². The largest absolute Gasteiger partial charge is 0.381 e. The second-order valence-corrected chi connectivity index (χ2v) is 3.94. The van der Waals surface area contributed by atoms with Gasteiger partial charge in [0.15, 0.2) is 5.82 Å². The van der Waals surface area contributed by atoms with Crippen molar-refractivity contribution in [1.29, 1.82) is 0 Å². The third kappa shape index (κ3) is 1.96. The molecule has 0 amide bonds. The number of hydrogen-bond acceptors (Lipinski definition) is 3. The molecule has 2 aromatic rings. The number of halogens is 1. The first-order chi connectivity index (χ1) is 6.75. The molecule has 0 unspecified atom stereocenters. The maximum absolute atomic E-state index is 5.60. The van der Waals surface area contributed by atoms with E-state index in [2.05, 4.69) is 21.1 Å². The number of benzene rings is 1. The summed E-state index contributed by atoms with van der Waals surface area (Å²) in [4.78, 5) is 0. The maximum Gasteiger partial charge on any atom is 0.170 e. The van der Waals surface area contributed by atoms with E-state index in [0.29, 0.717) is 5.82 Å². The van der Waals surface area contributed by atoms with E-state index in [1.54, 1.807) is 6.26 Å². The predicted molar refractivity (Wildman–Crippen MR) is 57.9 cm³/mol.